The first kappa shape index (κ1) is 29.4. The number of alkyl halides is 2. The van der Waals surface area contributed by atoms with Crippen molar-refractivity contribution in [2.45, 2.75) is 106 Å². The van der Waals surface area contributed by atoms with E-state index in [0.29, 0.717) is 0 Å². The first-order chi connectivity index (χ1) is 18.4. The predicted molar refractivity (Wildman–Crippen MR) is 178 cm³/mol. The van der Waals surface area contributed by atoms with Crippen molar-refractivity contribution in [3.63, 3.8) is 0 Å². The number of fused-ring (bicyclic) bond motifs is 2. The Bertz CT molecular complexity index is 1270. The number of hydrogen-bond donors (Lipinski definition) is 0. The van der Waals surface area contributed by atoms with Crippen molar-refractivity contribution in [1.29, 1.82) is 0 Å². The first-order valence-corrected chi connectivity index (χ1v) is 21.4. The fourth-order valence-electron chi connectivity index (χ4n) is 8.04. The Hall–Kier alpha value is -1.07. The molecule has 209 valence electrons. The molecular weight excluding hydrogens is 547 g/mol. The molecule has 3 atom stereocenters. The quantitative estimate of drug-likeness (QED) is 0.211. The summed E-state index contributed by atoms with van der Waals surface area (Å²) >= 11 is 16.6. The maximum Gasteiger partial charge on any atom is 0.120 e. The van der Waals surface area contributed by atoms with Crippen LogP contribution >= 0.6 is 23.2 Å². The first-order valence-electron chi connectivity index (χ1n) is 15.2. The van der Waals surface area contributed by atoms with Crippen LogP contribution < -0.4 is 0 Å². The van der Waals surface area contributed by atoms with Crippen LogP contribution in [0.25, 0.3) is 11.6 Å². The van der Waals surface area contributed by atoms with Crippen LogP contribution in [0, 0.1) is 11.3 Å². The van der Waals surface area contributed by atoms with Gasteiger partial charge in [-0.05, 0) is 63.6 Å². The zero-order chi connectivity index (χ0) is 28.1. The van der Waals surface area contributed by atoms with Crippen molar-refractivity contribution in [2.75, 3.05) is 0 Å². The molecule has 0 spiro atoms. The highest BCUT2D eigenvalue weighted by atomic mass is 35.5. The molecule has 3 aliphatic carbocycles. The van der Waals surface area contributed by atoms with E-state index in [-0.39, 0.29) is 14.2 Å². The molecule has 0 amide bonds. The molecular formula is C35H47Cl2Si2. The summed E-state index contributed by atoms with van der Waals surface area (Å²) in [7, 11) is -2.99. The van der Waals surface area contributed by atoms with Crippen LogP contribution in [-0.4, -0.2) is 16.9 Å². The van der Waals surface area contributed by atoms with Gasteiger partial charge in [-0.1, -0.05) is 139 Å². The summed E-state index contributed by atoms with van der Waals surface area (Å²) in [5, 5.41) is 0. The number of benzene rings is 2. The number of hydrogen-bond acceptors (Lipinski definition) is 0. The second-order valence-electron chi connectivity index (χ2n) is 14.3. The molecule has 0 N–H and O–H groups in total. The Kier molecular flexibility index (Phi) is 8.28. The zero-order valence-corrected chi connectivity index (χ0v) is 28.5. The molecule has 2 aromatic rings. The SMILES string of the molecule is C[Si](C)CCC1=Cc2ccccc2C1(Cl)[Si](C)(CC(C)(C)C)C1(Cl)C=C(CC2CCCCC2)c2ccccc21. The van der Waals surface area contributed by atoms with Gasteiger partial charge in [-0.3, -0.25) is 0 Å². The molecule has 4 heteroatoms. The maximum atomic E-state index is 8.33. The molecule has 0 aliphatic heterocycles. The van der Waals surface area contributed by atoms with Crippen molar-refractivity contribution >= 4 is 51.7 Å². The van der Waals surface area contributed by atoms with E-state index >= 15 is 0 Å². The molecule has 1 saturated carbocycles. The molecule has 3 unspecified atom stereocenters. The van der Waals surface area contributed by atoms with Gasteiger partial charge in [0.1, 0.15) is 8.07 Å². The molecule has 0 saturated heterocycles. The summed E-state index contributed by atoms with van der Waals surface area (Å²) in [4.78, 5) is 0. The van der Waals surface area contributed by atoms with Crippen molar-refractivity contribution in [3.05, 3.63) is 82.4 Å². The number of rotatable bonds is 8. The van der Waals surface area contributed by atoms with Gasteiger partial charge in [0.15, 0.2) is 0 Å². The lowest BCUT2D eigenvalue weighted by Gasteiger charge is -2.53. The summed E-state index contributed by atoms with van der Waals surface area (Å²) in [6, 6.07) is 20.3. The van der Waals surface area contributed by atoms with Crippen LogP contribution in [0.15, 0.2) is 60.2 Å². The maximum absolute atomic E-state index is 8.33. The molecule has 0 aromatic heterocycles. The van der Waals surface area contributed by atoms with E-state index in [1.807, 2.05) is 0 Å². The molecule has 0 bridgehead atoms. The average molecular weight is 595 g/mol. The summed E-state index contributed by atoms with van der Waals surface area (Å²) in [5.74, 6) is 0.773. The van der Waals surface area contributed by atoms with Gasteiger partial charge in [0, 0.05) is 8.80 Å². The van der Waals surface area contributed by atoms with Gasteiger partial charge in [0.05, 0.1) is 8.99 Å². The Morgan fingerprint density at radius 2 is 1.56 bits per heavy atom. The molecule has 0 heterocycles. The van der Waals surface area contributed by atoms with Gasteiger partial charge in [-0.2, -0.15) is 0 Å². The molecule has 39 heavy (non-hydrogen) atoms. The lowest BCUT2D eigenvalue weighted by molar-refractivity contribution is 0.365. The highest BCUT2D eigenvalue weighted by molar-refractivity contribution is 6.96. The minimum Gasteiger partial charge on any atom is -0.113 e. The minimum atomic E-state index is -2.61. The van der Waals surface area contributed by atoms with Crippen molar-refractivity contribution < 1.29 is 0 Å². The number of allylic oxidation sites excluding steroid dienone is 3. The fraction of sp³-hybridized carbons (Fsp3) is 0.543. The summed E-state index contributed by atoms with van der Waals surface area (Å²) in [6.07, 6.45) is 14.0. The van der Waals surface area contributed by atoms with E-state index in [1.54, 1.807) is 0 Å². The zero-order valence-electron chi connectivity index (χ0n) is 25.0. The van der Waals surface area contributed by atoms with Gasteiger partial charge in [0.2, 0.25) is 0 Å². The standard InChI is InChI=1S/C35H47Cl2Si2/c1-33(2,3)25-39(6,35(37)29(20-21-38(4)5)23-27-16-10-12-18-31(27)35)34(36)24-28(22-26-14-8-7-9-15-26)30-17-11-13-19-32(30)34/h10-13,16-19,23-24,26H,7-9,14-15,20-22,25H2,1-6H3. The summed E-state index contributed by atoms with van der Waals surface area (Å²) < 4.78 is -1.11. The summed E-state index contributed by atoms with van der Waals surface area (Å²) in [5.41, 5.74) is 8.30. The summed E-state index contributed by atoms with van der Waals surface area (Å²) in [6.45, 7) is 14.5. The molecule has 5 rings (SSSR count). The van der Waals surface area contributed by atoms with Crippen LogP contribution in [0.1, 0.15) is 88.0 Å². The third kappa shape index (κ3) is 5.22. The van der Waals surface area contributed by atoms with Crippen molar-refractivity contribution in [1.82, 2.24) is 0 Å². The lowest BCUT2D eigenvalue weighted by Crippen LogP contribution is -2.63. The highest BCUT2D eigenvalue weighted by Crippen LogP contribution is 2.65. The van der Waals surface area contributed by atoms with E-state index in [4.69, 9.17) is 23.2 Å². The predicted octanol–water partition coefficient (Wildman–Crippen LogP) is 11.4. The van der Waals surface area contributed by atoms with Crippen LogP contribution in [0.5, 0.6) is 0 Å². The van der Waals surface area contributed by atoms with Gasteiger partial charge in [-0.25, -0.2) is 0 Å². The van der Waals surface area contributed by atoms with E-state index in [9.17, 15) is 0 Å². The topological polar surface area (TPSA) is 0 Å². The van der Waals surface area contributed by atoms with E-state index in [1.165, 1.54) is 71.5 Å². The van der Waals surface area contributed by atoms with Crippen molar-refractivity contribution in [2.24, 2.45) is 11.3 Å². The fourth-order valence-corrected chi connectivity index (χ4v) is 17.0. The smallest absolute Gasteiger partial charge is 0.113 e. The molecule has 2 aromatic carbocycles. The lowest BCUT2D eigenvalue weighted by atomic mass is 9.84. The van der Waals surface area contributed by atoms with Crippen LogP contribution in [0.4, 0.5) is 0 Å². The van der Waals surface area contributed by atoms with Crippen LogP contribution in [-0.2, 0) is 8.99 Å². The Morgan fingerprint density at radius 3 is 2.23 bits per heavy atom. The van der Waals surface area contributed by atoms with Gasteiger partial charge < -0.3 is 0 Å². The Balaban J connectivity index is 1.70. The second-order valence-corrected chi connectivity index (χ2v) is 23.6. The third-order valence-corrected chi connectivity index (χ3v) is 20.1. The van der Waals surface area contributed by atoms with Crippen LogP contribution in [0.2, 0.25) is 31.7 Å². The second kappa shape index (κ2) is 11.0. The Labute approximate surface area is 250 Å². The van der Waals surface area contributed by atoms with E-state index in [0.717, 1.165) is 24.8 Å². The van der Waals surface area contributed by atoms with Crippen molar-refractivity contribution in [3.8, 4) is 0 Å². The molecule has 0 nitrogen and oxygen atoms in total. The van der Waals surface area contributed by atoms with Gasteiger partial charge in [0.25, 0.3) is 0 Å². The van der Waals surface area contributed by atoms with Gasteiger partial charge in [-0.15, -0.1) is 23.2 Å². The third-order valence-electron chi connectivity index (χ3n) is 9.72. The Morgan fingerprint density at radius 1 is 0.923 bits per heavy atom. The van der Waals surface area contributed by atoms with Crippen LogP contribution in [0.3, 0.4) is 0 Å². The molecule has 1 radical (unpaired) electrons. The monoisotopic (exact) mass is 593 g/mol. The molecule has 3 aliphatic rings. The number of halogens is 2. The average Bonchev–Trinajstić information content (AvgIpc) is 3.35. The largest absolute Gasteiger partial charge is 0.120 e. The highest BCUT2D eigenvalue weighted by Gasteiger charge is 2.66. The minimum absolute atomic E-state index is 0.104. The molecule has 1 fully saturated rings. The van der Waals surface area contributed by atoms with E-state index in [2.05, 4.69) is 101 Å². The van der Waals surface area contributed by atoms with E-state index < -0.39 is 17.1 Å². The van der Waals surface area contributed by atoms with Gasteiger partial charge >= 0.3 is 0 Å². The normalized spacial score (nSPS) is 26.7.